The van der Waals surface area contributed by atoms with Gasteiger partial charge in [-0.25, -0.2) is 0 Å². The van der Waals surface area contributed by atoms with Crippen molar-refractivity contribution in [2.75, 3.05) is 24.7 Å². The van der Waals surface area contributed by atoms with Gasteiger partial charge in [0.05, 0.1) is 12.3 Å². The quantitative estimate of drug-likeness (QED) is 0.760. The molecule has 0 unspecified atom stereocenters. The van der Waals surface area contributed by atoms with E-state index in [1.807, 2.05) is 13.1 Å². The Kier molecular flexibility index (Phi) is 2.43. The monoisotopic (exact) mass is 193 g/mol. The molecule has 76 valence electrons. The van der Waals surface area contributed by atoms with Gasteiger partial charge in [0.15, 0.2) is 0 Å². The standard InChI is InChI=1S/C10H15N3O/c1-12-9-5-4-8(11)10(13-9)14-6-7-2-3-7/h4-5,7H,2-3,6,11H2,1H3,(H,12,13). The van der Waals surface area contributed by atoms with Gasteiger partial charge in [0.1, 0.15) is 5.82 Å². The van der Waals surface area contributed by atoms with Gasteiger partial charge in [0.25, 0.3) is 0 Å². The van der Waals surface area contributed by atoms with Crippen LogP contribution in [0.2, 0.25) is 0 Å². The van der Waals surface area contributed by atoms with Crippen molar-refractivity contribution >= 4 is 11.5 Å². The summed E-state index contributed by atoms with van der Waals surface area (Å²) < 4.78 is 5.53. The maximum Gasteiger partial charge on any atom is 0.239 e. The van der Waals surface area contributed by atoms with Gasteiger partial charge in [0.2, 0.25) is 5.88 Å². The SMILES string of the molecule is CNc1ccc(N)c(OCC2CC2)n1. The number of nitrogens with zero attached hydrogens (tertiary/aromatic N) is 1. The van der Waals surface area contributed by atoms with Crippen molar-refractivity contribution in [1.82, 2.24) is 4.98 Å². The first-order valence-corrected chi connectivity index (χ1v) is 4.86. The average molecular weight is 193 g/mol. The van der Waals surface area contributed by atoms with E-state index in [4.69, 9.17) is 10.5 Å². The van der Waals surface area contributed by atoms with Crippen LogP contribution in [0.5, 0.6) is 5.88 Å². The van der Waals surface area contributed by atoms with Crippen molar-refractivity contribution in [1.29, 1.82) is 0 Å². The van der Waals surface area contributed by atoms with E-state index in [1.165, 1.54) is 12.8 Å². The molecule has 0 atom stereocenters. The Bertz CT molecular complexity index is 323. The largest absolute Gasteiger partial charge is 0.476 e. The summed E-state index contributed by atoms with van der Waals surface area (Å²) in [5.41, 5.74) is 6.34. The lowest BCUT2D eigenvalue weighted by Crippen LogP contribution is -2.05. The van der Waals surface area contributed by atoms with Gasteiger partial charge in [-0.2, -0.15) is 4.98 Å². The Morgan fingerprint density at radius 1 is 1.57 bits per heavy atom. The summed E-state index contributed by atoms with van der Waals surface area (Å²) in [6, 6.07) is 3.64. The minimum Gasteiger partial charge on any atom is -0.476 e. The van der Waals surface area contributed by atoms with Gasteiger partial charge in [-0.1, -0.05) is 0 Å². The summed E-state index contributed by atoms with van der Waals surface area (Å²) in [5.74, 6) is 2.04. The van der Waals surface area contributed by atoms with Gasteiger partial charge in [-0.15, -0.1) is 0 Å². The first-order valence-electron chi connectivity index (χ1n) is 4.86. The second-order valence-corrected chi connectivity index (χ2v) is 3.60. The molecule has 3 N–H and O–H groups in total. The lowest BCUT2D eigenvalue weighted by Gasteiger charge is -2.08. The molecule has 1 aliphatic carbocycles. The molecular weight excluding hydrogens is 178 g/mol. The van der Waals surface area contributed by atoms with Crippen LogP contribution >= 0.6 is 0 Å². The maximum atomic E-state index is 5.74. The van der Waals surface area contributed by atoms with Gasteiger partial charge in [0, 0.05) is 7.05 Å². The summed E-state index contributed by atoms with van der Waals surface area (Å²) >= 11 is 0. The normalized spacial score (nSPS) is 15.2. The highest BCUT2D eigenvalue weighted by molar-refractivity contribution is 5.53. The van der Waals surface area contributed by atoms with Gasteiger partial charge < -0.3 is 15.8 Å². The van der Waals surface area contributed by atoms with E-state index in [-0.39, 0.29) is 0 Å². The molecular formula is C10H15N3O. The fourth-order valence-electron chi connectivity index (χ4n) is 1.19. The van der Waals surface area contributed by atoms with Crippen LogP contribution in [-0.2, 0) is 0 Å². The van der Waals surface area contributed by atoms with Crippen LogP contribution in [0.4, 0.5) is 11.5 Å². The third-order valence-corrected chi connectivity index (χ3v) is 2.30. The molecule has 0 saturated heterocycles. The van der Waals surface area contributed by atoms with Crippen molar-refractivity contribution in [3.8, 4) is 5.88 Å². The van der Waals surface area contributed by atoms with Crippen LogP contribution in [-0.4, -0.2) is 18.6 Å². The molecule has 0 spiro atoms. The Morgan fingerprint density at radius 3 is 3.00 bits per heavy atom. The lowest BCUT2D eigenvalue weighted by molar-refractivity contribution is 0.290. The molecule has 1 fully saturated rings. The fraction of sp³-hybridized carbons (Fsp3) is 0.500. The number of anilines is 2. The Morgan fingerprint density at radius 2 is 2.36 bits per heavy atom. The van der Waals surface area contributed by atoms with Crippen LogP contribution in [0.15, 0.2) is 12.1 Å². The molecule has 0 radical (unpaired) electrons. The average Bonchev–Trinajstić information content (AvgIpc) is 3.00. The zero-order valence-corrected chi connectivity index (χ0v) is 8.29. The number of aromatic nitrogens is 1. The van der Waals surface area contributed by atoms with Crippen LogP contribution in [0.25, 0.3) is 0 Å². The van der Waals surface area contributed by atoms with Crippen LogP contribution < -0.4 is 15.8 Å². The summed E-state index contributed by atoms with van der Waals surface area (Å²) in [6.45, 7) is 0.740. The molecule has 14 heavy (non-hydrogen) atoms. The Labute approximate surface area is 83.5 Å². The highest BCUT2D eigenvalue weighted by atomic mass is 16.5. The topological polar surface area (TPSA) is 60.2 Å². The second kappa shape index (κ2) is 3.74. The van der Waals surface area contributed by atoms with Gasteiger partial charge in [-0.3, -0.25) is 0 Å². The number of nitrogens with one attached hydrogen (secondary N) is 1. The number of nitrogen functional groups attached to an aromatic ring is 1. The van der Waals surface area contributed by atoms with Crippen LogP contribution in [0.1, 0.15) is 12.8 Å². The highest BCUT2D eigenvalue weighted by Gasteiger charge is 2.22. The van der Waals surface area contributed by atoms with Crippen molar-refractivity contribution in [2.24, 2.45) is 5.92 Å². The summed E-state index contributed by atoms with van der Waals surface area (Å²) in [4.78, 5) is 4.23. The molecule has 1 heterocycles. The molecule has 1 aromatic heterocycles. The van der Waals surface area contributed by atoms with Crippen molar-refractivity contribution < 1.29 is 4.74 Å². The Balaban J connectivity index is 2.04. The number of ether oxygens (including phenoxy) is 1. The summed E-state index contributed by atoms with van der Waals surface area (Å²) in [5, 5.41) is 2.95. The molecule has 0 amide bonds. The molecule has 4 nitrogen and oxygen atoms in total. The van der Waals surface area contributed by atoms with E-state index >= 15 is 0 Å². The molecule has 0 aromatic carbocycles. The first-order chi connectivity index (χ1) is 6.79. The molecule has 1 aliphatic rings. The lowest BCUT2D eigenvalue weighted by atomic mass is 10.4. The molecule has 0 aliphatic heterocycles. The number of hydrogen-bond acceptors (Lipinski definition) is 4. The van der Waals surface area contributed by atoms with Crippen molar-refractivity contribution in [2.45, 2.75) is 12.8 Å². The van der Waals surface area contributed by atoms with Gasteiger partial charge >= 0.3 is 0 Å². The highest BCUT2D eigenvalue weighted by Crippen LogP contribution is 2.30. The zero-order chi connectivity index (χ0) is 9.97. The maximum absolute atomic E-state index is 5.74. The van der Waals surface area contributed by atoms with E-state index in [0.717, 1.165) is 18.3 Å². The smallest absolute Gasteiger partial charge is 0.239 e. The number of pyridine rings is 1. The third kappa shape index (κ3) is 2.07. The predicted molar refractivity (Wildman–Crippen MR) is 56.4 cm³/mol. The third-order valence-electron chi connectivity index (χ3n) is 2.30. The minimum atomic E-state index is 0.545. The number of rotatable bonds is 4. The molecule has 0 bridgehead atoms. The number of hydrogen-bond donors (Lipinski definition) is 2. The zero-order valence-electron chi connectivity index (χ0n) is 8.29. The van der Waals surface area contributed by atoms with E-state index in [9.17, 15) is 0 Å². The molecule has 2 rings (SSSR count). The predicted octanol–water partition coefficient (Wildman–Crippen LogP) is 1.49. The summed E-state index contributed by atoms with van der Waals surface area (Å²) in [6.07, 6.45) is 2.54. The van der Waals surface area contributed by atoms with E-state index in [1.54, 1.807) is 6.07 Å². The molecule has 4 heteroatoms. The minimum absolute atomic E-state index is 0.545. The van der Waals surface area contributed by atoms with E-state index in [2.05, 4.69) is 10.3 Å². The summed E-state index contributed by atoms with van der Waals surface area (Å²) in [7, 11) is 1.82. The van der Waals surface area contributed by atoms with Crippen LogP contribution in [0, 0.1) is 5.92 Å². The van der Waals surface area contributed by atoms with Gasteiger partial charge in [-0.05, 0) is 30.9 Å². The van der Waals surface area contributed by atoms with E-state index < -0.39 is 0 Å². The molecule has 1 aromatic rings. The van der Waals surface area contributed by atoms with Crippen LogP contribution in [0.3, 0.4) is 0 Å². The number of nitrogens with two attached hydrogens (primary N) is 1. The van der Waals surface area contributed by atoms with Crippen molar-refractivity contribution in [3.05, 3.63) is 12.1 Å². The molecule has 1 saturated carbocycles. The van der Waals surface area contributed by atoms with E-state index in [0.29, 0.717) is 11.6 Å². The fourth-order valence-corrected chi connectivity index (χ4v) is 1.19. The van der Waals surface area contributed by atoms with Crippen molar-refractivity contribution in [3.63, 3.8) is 0 Å². The Hall–Kier alpha value is -1.45. The second-order valence-electron chi connectivity index (χ2n) is 3.60. The first kappa shape index (κ1) is 9.12.